The van der Waals surface area contributed by atoms with E-state index in [-0.39, 0.29) is 18.4 Å². The normalized spacial score (nSPS) is 14.4. The molecule has 0 aromatic heterocycles. The van der Waals surface area contributed by atoms with E-state index < -0.39 is 0 Å². The van der Waals surface area contributed by atoms with Gasteiger partial charge in [-0.25, -0.2) is 0 Å². The Hall–Kier alpha value is -3.02. The van der Waals surface area contributed by atoms with Gasteiger partial charge in [-0.3, -0.25) is 9.59 Å². The predicted molar refractivity (Wildman–Crippen MR) is 107 cm³/mol. The molecule has 148 valence electrons. The third-order valence-corrected chi connectivity index (χ3v) is 4.95. The Morgan fingerprint density at radius 2 is 1.71 bits per heavy atom. The van der Waals surface area contributed by atoms with Crippen LogP contribution in [0.25, 0.3) is 0 Å². The molecule has 2 aromatic carbocycles. The van der Waals surface area contributed by atoms with Crippen LogP contribution in [0.3, 0.4) is 0 Å². The van der Waals surface area contributed by atoms with E-state index in [2.05, 4.69) is 5.32 Å². The summed E-state index contributed by atoms with van der Waals surface area (Å²) in [6.45, 7) is 2.02. The number of para-hydroxylation sites is 2. The van der Waals surface area contributed by atoms with Crippen molar-refractivity contribution in [2.75, 3.05) is 33.4 Å². The number of nitrogens with one attached hydrogen (secondary N) is 1. The summed E-state index contributed by atoms with van der Waals surface area (Å²) in [5.41, 5.74) is 0.426. The largest absolute Gasteiger partial charge is 0.496 e. The molecular weight excluding hydrogens is 356 g/mol. The second kappa shape index (κ2) is 9.78. The molecule has 6 nitrogen and oxygen atoms in total. The Labute approximate surface area is 165 Å². The Kier molecular flexibility index (Phi) is 6.89. The van der Waals surface area contributed by atoms with Crippen LogP contribution in [0.4, 0.5) is 0 Å². The van der Waals surface area contributed by atoms with E-state index in [1.807, 2.05) is 35.2 Å². The molecule has 1 heterocycles. The summed E-state index contributed by atoms with van der Waals surface area (Å²) in [7, 11) is 1.52. The van der Waals surface area contributed by atoms with Crippen molar-refractivity contribution in [1.29, 1.82) is 0 Å². The zero-order chi connectivity index (χ0) is 19.8. The van der Waals surface area contributed by atoms with Gasteiger partial charge in [0, 0.05) is 13.1 Å². The number of carbonyl (C=O) groups is 2. The van der Waals surface area contributed by atoms with Crippen LogP contribution in [0.15, 0.2) is 54.6 Å². The molecule has 0 spiro atoms. The molecule has 0 radical (unpaired) electrons. The lowest BCUT2D eigenvalue weighted by Crippen LogP contribution is -2.44. The second-order valence-electron chi connectivity index (χ2n) is 6.83. The van der Waals surface area contributed by atoms with Crippen LogP contribution >= 0.6 is 0 Å². The molecule has 1 saturated heterocycles. The molecule has 28 heavy (non-hydrogen) atoms. The van der Waals surface area contributed by atoms with E-state index in [1.54, 1.807) is 24.3 Å². The summed E-state index contributed by atoms with van der Waals surface area (Å²) in [6, 6.07) is 16.7. The van der Waals surface area contributed by atoms with Crippen LogP contribution < -0.4 is 14.8 Å². The highest BCUT2D eigenvalue weighted by Gasteiger charge is 2.23. The van der Waals surface area contributed by atoms with E-state index in [1.165, 1.54) is 7.11 Å². The first-order valence-corrected chi connectivity index (χ1v) is 9.54. The highest BCUT2D eigenvalue weighted by Crippen LogP contribution is 2.20. The minimum absolute atomic E-state index is 0.0118. The zero-order valence-corrected chi connectivity index (χ0v) is 16.1. The first kappa shape index (κ1) is 19.7. The Balaban J connectivity index is 1.41. The first-order chi connectivity index (χ1) is 13.7. The maximum atomic E-state index is 12.4. The third kappa shape index (κ3) is 5.25. The molecule has 0 saturated carbocycles. The molecule has 3 rings (SSSR count). The number of ether oxygens (including phenoxy) is 2. The molecule has 1 fully saturated rings. The van der Waals surface area contributed by atoms with E-state index in [9.17, 15) is 9.59 Å². The van der Waals surface area contributed by atoms with Crippen molar-refractivity contribution in [3.8, 4) is 11.5 Å². The maximum absolute atomic E-state index is 12.4. The van der Waals surface area contributed by atoms with Gasteiger partial charge in [0.05, 0.1) is 25.8 Å². The lowest BCUT2D eigenvalue weighted by atomic mass is 9.98. The molecule has 0 unspecified atom stereocenters. The topological polar surface area (TPSA) is 67.9 Å². The zero-order valence-electron chi connectivity index (χ0n) is 16.1. The molecule has 6 heteroatoms. The van der Waals surface area contributed by atoms with Crippen molar-refractivity contribution in [1.82, 2.24) is 10.2 Å². The van der Waals surface area contributed by atoms with Gasteiger partial charge in [-0.2, -0.15) is 0 Å². The lowest BCUT2D eigenvalue weighted by molar-refractivity contribution is -0.131. The number of methoxy groups -OCH3 is 1. The molecule has 1 aliphatic heterocycles. The summed E-state index contributed by atoms with van der Waals surface area (Å²) >= 11 is 0. The fourth-order valence-electron chi connectivity index (χ4n) is 3.27. The molecule has 0 bridgehead atoms. The fraction of sp³-hybridized carbons (Fsp3) is 0.364. The van der Waals surface area contributed by atoms with Crippen molar-refractivity contribution in [2.45, 2.75) is 12.8 Å². The Morgan fingerprint density at radius 3 is 2.43 bits per heavy atom. The van der Waals surface area contributed by atoms with Crippen LogP contribution in [-0.2, 0) is 4.79 Å². The smallest absolute Gasteiger partial charge is 0.255 e. The van der Waals surface area contributed by atoms with Crippen molar-refractivity contribution in [2.24, 2.45) is 5.92 Å². The quantitative estimate of drug-likeness (QED) is 0.800. The summed E-state index contributed by atoms with van der Waals surface area (Å²) in [5.74, 6) is 1.43. The highest BCUT2D eigenvalue weighted by molar-refractivity contribution is 5.98. The molecule has 0 aliphatic carbocycles. The average molecular weight is 382 g/mol. The van der Waals surface area contributed by atoms with Crippen molar-refractivity contribution < 1.29 is 19.1 Å². The van der Waals surface area contributed by atoms with Gasteiger partial charge in [0.1, 0.15) is 11.5 Å². The van der Waals surface area contributed by atoms with Crippen LogP contribution in [-0.4, -0.2) is 50.1 Å². The van der Waals surface area contributed by atoms with Gasteiger partial charge in [0.25, 0.3) is 5.91 Å². The molecule has 0 atom stereocenters. The number of carbonyl (C=O) groups excluding carboxylic acids is 2. The third-order valence-electron chi connectivity index (χ3n) is 4.95. The molecule has 2 amide bonds. The number of likely N-dealkylation sites (tertiary alicyclic amines) is 1. The van der Waals surface area contributed by atoms with Crippen LogP contribution in [0.1, 0.15) is 23.2 Å². The van der Waals surface area contributed by atoms with Gasteiger partial charge in [0.15, 0.2) is 0 Å². The summed E-state index contributed by atoms with van der Waals surface area (Å²) in [6.07, 6.45) is 1.80. The lowest BCUT2D eigenvalue weighted by Gasteiger charge is -2.32. The number of nitrogens with zero attached hydrogens (tertiary/aromatic N) is 1. The summed E-state index contributed by atoms with van der Waals surface area (Å²) in [4.78, 5) is 26.5. The Morgan fingerprint density at radius 1 is 1.04 bits per heavy atom. The SMILES string of the molecule is COc1ccccc1C(=O)NCC(=O)N1CCC(COc2ccccc2)CC1. The minimum Gasteiger partial charge on any atom is -0.496 e. The number of amides is 2. The van der Waals surface area contributed by atoms with Crippen molar-refractivity contribution in [3.63, 3.8) is 0 Å². The second-order valence-corrected chi connectivity index (χ2v) is 6.83. The van der Waals surface area contributed by atoms with Gasteiger partial charge < -0.3 is 19.7 Å². The van der Waals surface area contributed by atoms with Crippen LogP contribution in [0, 0.1) is 5.92 Å². The fourth-order valence-corrected chi connectivity index (χ4v) is 3.27. The first-order valence-electron chi connectivity index (χ1n) is 9.54. The van der Waals surface area contributed by atoms with Crippen molar-refractivity contribution >= 4 is 11.8 Å². The van der Waals surface area contributed by atoms with Gasteiger partial charge in [-0.1, -0.05) is 30.3 Å². The van der Waals surface area contributed by atoms with E-state index in [4.69, 9.17) is 9.47 Å². The number of hydrogen-bond acceptors (Lipinski definition) is 4. The predicted octanol–water partition coefficient (Wildman–Crippen LogP) is 2.74. The Bertz CT molecular complexity index is 786. The highest BCUT2D eigenvalue weighted by atomic mass is 16.5. The van der Waals surface area contributed by atoms with Gasteiger partial charge >= 0.3 is 0 Å². The van der Waals surface area contributed by atoms with Gasteiger partial charge in [0.2, 0.25) is 5.91 Å². The molecule has 1 aliphatic rings. The number of rotatable bonds is 7. The summed E-state index contributed by atoms with van der Waals surface area (Å²) in [5, 5.41) is 2.69. The average Bonchev–Trinajstić information content (AvgIpc) is 2.76. The van der Waals surface area contributed by atoms with Crippen LogP contribution in [0.2, 0.25) is 0 Å². The number of benzene rings is 2. The number of piperidine rings is 1. The van der Waals surface area contributed by atoms with Crippen LogP contribution in [0.5, 0.6) is 11.5 Å². The molecule has 1 N–H and O–H groups in total. The standard InChI is InChI=1S/C22H26N2O4/c1-27-20-10-6-5-9-19(20)22(26)23-15-21(25)24-13-11-17(12-14-24)16-28-18-7-3-2-4-8-18/h2-10,17H,11-16H2,1H3,(H,23,26). The molecule has 2 aromatic rings. The molecular formula is C22H26N2O4. The summed E-state index contributed by atoms with van der Waals surface area (Å²) < 4.78 is 11.0. The van der Waals surface area contributed by atoms with E-state index in [0.717, 1.165) is 18.6 Å². The maximum Gasteiger partial charge on any atom is 0.255 e. The monoisotopic (exact) mass is 382 g/mol. The van der Waals surface area contributed by atoms with E-state index in [0.29, 0.717) is 36.9 Å². The number of hydrogen-bond donors (Lipinski definition) is 1. The van der Waals surface area contributed by atoms with Gasteiger partial charge in [-0.15, -0.1) is 0 Å². The minimum atomic E-state index is -0.308. The van der Waals surface area contributed by atoms with Crippen molar-refractivity contribution in [3.05, 3.63) is 60.2 Å². The van der Waals surface area contributed by atoms with Gasteiger partial charge in [-0.05, 0) is 43.0 Å². The van der Waals surface area contributed by atoms with E-state index >= 15 is 0 Å².